The first kappa shape index (κ1) is 20.5. The molecule has 6 N–H and O–H groups in total. The van der Waals surface area contributed by atoms with Gasteiger partial charge in [0.05, 0.1) is 18.4 Å². The maximum absolute atomic E-state index is 13.0. The smallest absolute Gasteiger partial charge is 0.314 e. The summed E-state index contributed by atoms with van der Waals surface area (Å²) in [6.45, 7) is 7.57. The van der Waals surface area contributed by atoms with Gasteiger partial charge in [-0.05, 0) is 48.6 Å². The minimum Gasteiger partial charge on any atom is -0.460 e. The molecule has 1 aromatic rings. The van der Waals surface area contributed by atoms with Gasteiger partial charge in [-0.3, -0.25) is 4.79 Å². The van der Waals surface area contributed by atoms with Crippen molar-refractivity contribution >= 4 is 11.7 Å². The van der Waals surface area contributed by atoms with Gasteiger partial charge in [0.15, 0.2) is 0 Å². The molecule has 0 bridgehead atoms. The Labute approximate surface area is 168 Å². The second kappa shape index (κ2) is 8.82. The van der Waals surface area contributed by atoms with Crippen molar-refractivity contribution in [3.63, 3.8) is 0 Å². The number of rotatable bonds is 7. The van der Waals surface area contributed by atoms with E-state index in [0.717, 1.165) is 54.6 Å². The van der Waals surface area contributed by atoms with Crippen molar-refractivity contribution in [1.29, 1.82) is 0 Å². The largest absolute Gasteiger partial charge is 0.460 e. The van der Waals surface area contributed by atoms with Gasteiger partial charge in [-0.2, -0.15) is 0 Å². The van der Waals surface area contributed by atoms with Crippen LogP contribution in [0.15, 0.2) is 35.6 Å². The Morgan fingerprint density at radius 2 is 2.04 bits per heavy atom. The fraction of sp³-hybridized carbons (Fsp3) is 0.522. The minimum absolute atomic E-state index is 0.0157. The molecular formula is C23H34N3O2+. The number of anilines is 1. The molecule has 3 rings (SSSR count). The molecule has 3 atom stereocenters. The first-order chi connectivity index (χ1) is 13.4. The summed E-state index contributed by atoms with van der Waals surface area (Å²) in [7, 11) is 0. The number of hydrogen-bond donors (Lipinski definition) is 3. The number of hydrogen-bond acceptors (Lipinski definition) is 4. The topological polar surface area (TPSA) is 95.0 Å². The van der Waals surface area contributed by atoms with Gasteiger partial charge in [-0.1, -0.05) is 32.4 Å². The lowest BCUT2D eigenvalue weighted by molar-refractivity contribution is -0.749. The van der Waals surface area contributed by atoms with Gasteiger partial charge in [-0.15, -0.1) is 0 Å². The van der Waals surface area contributed by atoms with Gasteiger partial charge < -0.3 is 21.5 Å². The zero-order valence-corrected chi connectivity index (χ0v) is 17.3. The highest BCUT2D eigenvalue weighted by Gasteiger charge is 2.43. The van der Waals surface area contributed by atoms with Gasteiger partial charge in [-0.25, -0.2) is 0 Å². The van der Waals surface area contributed by atoms with Crippen molar-refractivity contribution in [2.75, 3.05) is 12.3 Å². The maximum Gasteiger partial charge on any atom is 0.314 e. The fourth-order valence-electron chi connectivity index (χ4n) is 4.32. The van der Waals surface area contributed by atoms with E-state index >= 15 is 0 Å². The van der Waals surface area contributed by atoms with Crippen molar-refractivity contribution in [3.8, 4) is 0 Å². The lowest BCUT2D eigenvalue weighted by atomic mass is 9.75. The Bertz CT molecular complexity index is 770. The summed E-state index contributed by atoms with van der Waals surface area (Å²) < 4.78 is 5.76. The van der Waals surface area contributed by atoms with Crippen LogP contribution in [0.5, 0.6) is 0 Å². The summed E-state index contributed by atoms with van der Waals surface area (Å²) in [5.74, 6) is -0.506. The van der Waals surface area contributed by atoms with Crippen LogP contribution >= 0.6 is 0 Å². The molecule has 5 nitrogen and oxygen atoms in total. The molecule has 0 amide bonds. The summed E-state index contributed by atoms with van der Waals surface area (Å²) >= 11 is 0. The standard InChI is InChI=1S/C23H33N3O2/c1-4-6-16-9-14(3)18(19(24)12-16)13-28-23(27)17-10-15(5-2)11-20(25)22(17)21-7-8-26-21/h9-12,17,21-22,26H,4-8,13,24-25H2,1-3H3/p+1. The van der Waals surface area contributed by atoms with Crippen LogP contribution in [-0.4, -0.2) is 18.6 Å². The highest BCUT2D eigenvalue weighted by Crippen LogP contribution is 2.33. The van der Waals surface area contributed by atoms with E-state index in [1.54, 1.807) is 0 Å². The molecule has 152 valence electrons. The van der Waals surface area contributed by atoms with E-state index in [0.29, 0.717) is 11.7 Å². The van der Waals surface area contributed by atoms with E-state index < -0.39 is 0 Å². The Morgan fingerprint density at radius 3 is 2.61 bits per heavy atom. The zero-order valence-electron chi connectivity index (χ0n) is 17.3. The molecule has 2 aliphatic rings. The zero-order chi connectivity index (χ0) is 20.3. The Hall–Kier alpha value is -2.27. The SMILES string of the molecule is CCCc1cc(C)c(COC(=O)C2C=C(CC)C=C(N)C2C2CC[NH2+]2)c(N)c1. The van der Waals surface area contributed by atoms with E-state index in [-0.39, 0.29) is 24.4 Å². The molecule has 1 saturated heterocycles. The average molecular weight is 385 g/mol. The summed E-state index contributed by atoms with van der Waals surface area (Å²) in [5.41, 5.74) is 18.4. The lowest BCUT2D eigenvalue weighted by Crippen LogP contribution is -3.00. The van der Waals surface area contributed by atoms with E-state index in [1.165, 1.54) is 5.56 Å². The first-order valence-electron chi connectivity index (χ1n) is 10.5. The van der Waals surface area contributed by atoms with E-state index in [4.69, 9.17) is 16.2 Å². The number of quaternary nitrogens is 1. The average Bonchev–Trinajstić information content (AvgIpc) is 2.61. The van der Waals surface area contributed by atoms with Crippen molar-refractivity contribution in [1.82, 2.24) is 0 Å². The Morgan fingerprint density at radius 1 is 1.29 bits per heavy atom. The number of aryl methyl sites for hydroxylation is 2. The van der Waals surface area contributed by atoms with Crippen LogP contribution in [0.3, 0.4) is 0 Å². The molecule has 3 unspecified atom stereocenters. The predicted octanol–water partition coefficient (Wildman–Crippen LogP) is 2.33. The van der Waals surface area contributed by atoms with Crippen LogP contribution in [0.4, 0.5) is 5.69 Å². The van der Waals surface area contributed by atoms with Gasteiger partial charge in [0.1, 0.15) is 12.6 Å². The summed E-state index contributed by atoms with van der Waals surface area (Å²) in [6, 6.07) is 4.51. The predicted molar refractivity (Wildman–Crippen MR) is 112 cm³/mol. The normalized spacial score (nSPS) is 24.2. The fourth-order valence-corrected chi connectivity index (χ4v) is 4.32. The monoisotopic (exact) mass is 384 g/mol. The molecule has 5 heteroatoms. The van der Waals surface area contributed by atoms with E-state index in [1.807, 2.05) is 19.1 Å². The van der Waals surface area contributed by atoms with Gasteiger partial charge >= 0.3 is 5.97 Å². The lowest BCUT2D eigenvalue weighted by Gasteiger charge is -2.36. The number of carbonyl (C=O) groups is 1. The number of nitrogen functional groups attached to an aromatic ring is 1. The number of ether oxygens (including phenoxy) is 1. The number of benzene rings is 1. The summed E-state index contributed by atoms with van der Waals surface area (Å²) in [5, 5.41) is 2.27. The van der Waals surface area contributed by atoms with Crippen LogP contribution < -0.4 is 16.8 Å². The van der Waals surface area contributed by atoms with Crippen LogP contribution in [0.25, 0.3) is 0 Å². The number of nitrogens with two attached hydrogens (primary N) is 3. The van der Waals surface area contributed by atoms with Crippen molar-refractivity contribution in [2.24, 2.45) is 17.6 Å². The van der Waals surface area contributed by atoms with Crippen molar-refractivity contribution in [3.05, 3.63) is 52.2 Å². The molecule has 28 heavy (non-hydrogen) atoms. The molecule has 0 spiro atoms. The quantitative estimate of drug-likeness (QED) is 0.497. The van der Waals surface area contributed by atoms with Crippen molar-refractivity contribution < 1.29 is 14.8 Å². The van der Waals surface area contributed by atoms with Crippen molar-refractivity contribution in [2.45, 2.75) is 59.1 Å². The van der Waals surface area contributed by atoms with Gasteiger partial charge in [0.25, 0.3) is 0 Å². The maximum atomic E-state index is 13.0. The van der Waals surface area contributed by atoms with Gasteiger partial charge in [0, 0.05) is 23.4 Å². The first-order valence-corrected chi connectivity index (χ1v) is 10.5. The third-order valence-electron chi connectivity index (χ3n) is 6.09. The molecule has 0 saturated carbocycles. The third-order valence-corrected chi connectivity index (χ3v) is 6.09. The van der Waals surface area contributed by atoms with E-state index in [9.17, 15) is 4.79 Å². The number of allylic oxidation sites excluding steroid dienone is 2. The molecule has 0 radical (unpaired) electrons. The second-order valence-electron chi connectivity index (χ2n) is 8.11. The van der Waals surface area contributed by atoms with Crippen LogP contribution in [-0.2, 0) is 22.6 Å². The van der Waals surface area contributed by atoms with Gasteiger partial charge in [0.2, 0.25) is 0 Å². The molecule has 1 fully saturated rings. The summed E-state index contributed by atoms with van der Waals surface area (Å²) in [4.78, 5) is 13.0. The Kier molecular flexibility index (Phi) is 6.45. The summed E-state index contributed by atoms with van der Waals surface area (Å²) in [6.07, 6.45) is 8.11. The molecular weight excluding hydrogens is 350 g/mol. The van der Waals surface area contributed by atoms with Crippen LogP contribution in [0, 0.1) is 18.8 Å². The Balaban J connectivity index is 1.74. The highest BCUT2D eigenvalue weighted by molar-refractivity contribution is 5.76. The minimum atomic E-state index is -0.317. The number of carbonyl (C=O) groups excluding carboxylic acids is 1. The van der Waals surface area contributed by atoms with Crippen LogP contribution in [0.1, 0.15) is 49.8 Å². The highest BCUT2D eigenvalue weighted by atomic mass is 16.5. The van der Waals surface area contributed by atoms with E-state index in [2.05, 4.69) is 31.3 Å². The molecule has 1 aliphatic carbocycles. The molecule has 1 aromatic carbocycles. The number of esters is 1. The molecule has 1 aliphatic heterocycles. The molecule has 0 aromatic heterocycles. The second-order valence-corrected chi connectivity index (χ2v) is 8.11. The molecule has 1 heterocycles. The third kappa shape index (κ3) is 4.25. The van der Waals surface area contributed by atoms with Crippen LogP contribution in [0.2, 0.25) is 0 Å².